The number of phosphoric acid groups is 2. The Labute approximate surface area is 556 Å². The summed E-state index contributed by atoms with van der Waals surface area (Å²) in [5.74, 6) is 0.0818. The van der Waals surface area contributed by atoms with Gasteiger partial charge >= 0.3 is 39.5 Å². The molecule has 19 heteroatoms. The molecule has 0 rings (SSSR count). The van der Waals surface area contributed by atoms with Crippen molar-refractivity contribution >= 4 is 39.5 Å². The SMILES string of the molecule is CCCCCCCCCCCCCCCCCCCCC(=O)O[C@H](COC(=O)CCCCCCCCCCCCC(C)C)COP(=O)(O)OC[C@@H](O)COP(=O)(O)OC[C@@H](COC(=O)CCCCCCCCC(C)CC)OC(=O)CCCCCCCCC(C)CC. The maximum Gasteiger partial charge on any atom is 0.472 e. The molecular weight excluding hydrogens is 1200 g/mol. The molecular formula is C72H140O17P2. The van der Waals surface area contributed by atoms with Crippen molar-refractivity contribution in [3.05, 3.63) is 0 Å². The minimum atomic E-state index is -4.95. The molecule has 0 aliphatic carbocycles. The molecule has 0 saturated carbocycles. The van der Waals surface area contributed by atoms with Gasteiger partial charge in [-0.2, -0.15) is 0 Å². The normalized spacial score (nSPS) is 14.8. The van der Waals surface area contributed by atoms with Crippen molar-refractivity contribution in [2.75, 3.05) is 39.6 Å². The standard InChI is InChI=1S/C72H140O17P2/c1-8-11-12-13-14-15-16-17-18-19-20-21-22-23-28-31-41-48-55-71(76)88-67(59-82-69(74)53-46-39-30-27-25-24-26-29-36-43-50-63(4)5)61-86-90(78,79)84-57-66(73)58-85-91(80,81)87-62-68(89-72(77)56-49-42-35-33-38-45-52-65(7)10-3)60-83-70(75)54-47-40-34-32-37-44-51-64(6)9-2/h63-68,73H,8-62H2,1-7H3,(H,78,79)(H,80,81)/t64?,65?,66-,67-,68-/m1/s1. The van der Waals surface area contributed by atoms with Crippen LogP contribution in [-0.4, -0.2) is 96.7 Å². The van der Waals surface area contributed by atoms with E-state index in [2.05, 4.69) is 48.5 Å². The predicted octanol–water partition coefficient (Wildman–Crippen LogP) is 20.6. The maximum absolute atomic E-state index is 13.0. The van der Waals surface area contributed by atoms with Crippen LogP contribution in [0.15, 0.2) is 0 Å². The van der Waals surface area contributed by atoms with Crippen molar-refractivity contribution < 1.29 is 80.2 Å². The van der Waals surface area contributed by atoms with Crippen LogP contribution in [0.2, 0.25) is 0 Å². The Morgan fingerprint density at radius 2 is 0.560 bits per heavy atom. The number of esters is 4. The van der Waals surface area contributed by atoms with Crippen LogP contribution in [0.5, 0.6) is 0 Å². The van der Waals surface area contributed by atoms with E-state index in [1.807, 2.05) is 0 Å². The van der Waals surface area contributed by atoms with Gasteiger partial charge in [-0.3, -0.25) is 37.3 Å². The first kappa shape index (κ1) is 89.1. The third-order valence-electron chi connectivity index (χ3n) is 17.4. The zero-order valence-corrected chi connectivity index (χ0v) is 61.1. The largest absolute Gasteiger partial charge is 0.472 e. The van der Waals surface area contributed by atoms with Crippen LogP contribution in [0.4, 0.5) is 0 Å². The third-order valence-corrected chi connectivity index (χ3v) is 19.3. The van der Waals surface area contributed by atoms with Crippen molar-refractivity contribution in [3.8, 4) is 0 Å². The predicted molar refractivity (Wildman–Crippen MR) is 368 cm³/mol. The second kappa shape index (κ2) is 62.8. The summed E-state index contributed by atoms with van der Waals surface area (Å²) in [6.45, 7) is 11.8. The van der Waals surface area contributed by atoms with Gasteiger partial charge in [0.15, 0.2) is 12.2 Å². The Morgan fingerprint density at radius 1 is 0.319 bits per heavy atom. The lowest BCUT2D eigenvalue weighted by atomic mass is 10.00. The van der Waals surface area contributed by atoms with E-state index in [0.29, 0.717) is 25.7 Å². The number of carbonyl (C=O) groups is 4. The van der Waals surface area contributed by atoms with E-state index in [0.717, 1.165) is 114 Å². The first-order valence-corrected chi connectivity index (χ1v) is 40.4. The molecule has 0 saturated heterocycles. The number of hydrogen-bond donors (Lipinski definition) is 3. The van der Waals surface area contributed by atoms with Crippen molar-refractivity contribution in [1.29, 1.82) is 0 Å². The number of ether oxygens (including phenoxy) is 4. The minimum absolute atomic E-state index is 0.102. The monoisotopic (exact) mass is 1340 g/mol. The van der Waals surface area contributed by atoms with E-state index >= 15 is 0 Å². The van der Waals surface area contributed by atoms with E-state index in [1.165, 1.54) is 167 Å². The van der Waals surface area contributed by atoms with Crippen molar-refractivity contribution in [2.45, 2.75) is 381 Å². The molecule has 0 amide bonds. The summed E-state index contributed by atoms with van der Waals surface area (Å²) in [5.41, 5.74) is 0. The van der Waals surface area contributed by atoms with Crippen LogP contribution in [0.1, 0.15) is 363 Å². The summed E-state index contributed by atoms with van der Waals surface area (Å²) in [4.78, 5) is 72.6. The second-order valence-electron chi connectivity index (χ2n) is 26.9. The first-order chi connectivity index (χ1) is 43.8. The molecule has 0 aromatic carbocycles. The highest BCUT2D eigenvalue weighted by atomic mass is 31.2. The molecule has 0 spiro atoms. The Bertz CT molecular complexity index is 1790. The topological polar surface area (TPSA) is 237 Å². The maximum atomic E-state index is 13.0. The Balaban J connectivity index is 5.23. The number of phosphoric ester groups is 2. The van der Waals surface area contributed by atoms with Gasteiger partial charge in [-0.1, -0.05) is 312 Å². The zero-order chi connectivity index (χ0) is 67.3. The lowest BCUT2D eigenvalue weighted by Crippen LogP contribution is -2.30. The molecule has 0 radical (unpaired) electrons. The molecule has 0 heterocycles. The van der Waals surface area contributed by atoms with Crippen LogP contribution in [-0.2, 0) is 65.4 Å². The van der Waals surface area contributed by atoms with Crippen molar-refractivity contribution in [2.24, 2.45) is 17.8 Å². The Hall–Kier alpha value is -1.94. The van der Waals surface area contributed by atoms with Gasteiger partial charge in [0, 0.05) is 25.7 Å². The van der Waals surface area contributed by atoms with E-state index in [9.17, 15) is 43.2 Å². The highest BCUT2D eigenvalue weighted by Crippen LogP contribution is 2.45. The van der Waals surface area contributed by atoms with Gasteiger partial charge in [-0.25, -0.2) is 9.13 Å². The molecule has 0 aromatic heterocycles. The van der Waals surface area contributed by atoms with Gasteiger partial charge in [0.05, 0.1) is 26.4 Å². The molecule has 0 fully saturated rings. The number of unbranched alkanes of at least 4 members (excludes halogenated alkanes) is 36. The van der Waals surface area contributed by atoms with Gasteiger partial charge in [0.2, 0.25) is 0 Å². The van der Waals surface area contributed by atoms with E-state index in [4.69, 9.17) is 37.0 Å². The van der Waals surface area contributed by atoms with Crippen LogP contribution in [0, 0.1) is 17.8 Å². The summed E-state index contributed by atoms with van der Waals surface area (Å²) in [6, 6.07) is 0. The smallest absolute Gasteiger partial charge is 0.462 e. The van der Waals surface area contributed by atoms with Gasteiger partial charge in [-0.05, 0) is 43.4 Å². The molecule has 3 N–H and O–H groups in total. The number of carbonyl (C=O) groups excluding carboxylic acids is 4. The Kier molecular flexibility index (Phi) is 61.5. The minimum Gasteiger partial charge on any atom is -0.462 e. The average Bonchev–Trinajstić information content (AvgIpc) is 2.66. The van der Waals surface area contributed by atoms with Gasteiger partial charge in [0.25, 0.3) is 0 Å². The molecule has 0 aromatic rings. The van der Waals surface area contributed by atoms with E-state index < -0.39 is 97.5 Å². The highest BCUT2D eigenvalue weighted by molar-refractivity contribution is 7.47. The van der Waals surface area contributed by atoms with E-state index in [1.54, 1.807) is 0 Å². The lowest BCUT2D eigenvalue weighted by molar-refractivity contribution is -0.161. The molecule has 0 aliphatic heterocycles. The molecule has 91 heavy (non-hydrogen) atoms. The van der Waals surface area contributed by atoms with Crippen LogP contribution in [0.25, 0.3) is 0 Å². The van der Waals surface area contributed by atoms with Gasteiger partial charge in [-0.15, -0.1) is 0 Å². The summed E-state index contributed by atoms with van der Waals surface area (Å²) in [6.07, 6.45) is 47.3. The molecule has 4 unspecified atom stereocenters. The summed E-state index contributed by atoms with van der Waals surface area (Å²) in [7, 11) is -9.90. The summed E-state index contributed by atoms with van der Waals surface area (Å²) >= 11 is 0. The third kappa shape index (κ3) is 63.9. The molecule has 7 atom stereocenters. The van der Waals surface area contributed by atoms with Crippen LogP contribution < -0.4 is 0 Å². The number of aliphatic hydroxyl groups is 1. The van der Waals surface area contributed by atoms with E-state index in [-0.39, 0.29) is 25.7 Å². The number of aliphatic hydroxyl groups excluding tert-OH is 1. The quantitative estimate of drug-likeness (QED) is 0.0222. The lowest BCUT2D eigenvalue weighted by Gasteiger charge is -2.21. The molecule has 0 aliphatic rings. The average molecular weight is 1340 g/mol. The number of hydrogen-bond acceptors (Lipinski definition) is 15. The Morgan fingerprint density at radius 3 is 0.835 bits per heavy atom. The van der Waals surface area contributed by atoms with Crippen molar-refractivity contribution in [1.82, 2.24) is 0 Å². The van der Waals surface area contributed by atoms with Crippen LogP contribution >= 0.6 is 15.6 Å². The van der Waals surface area contributed by atoms with Crippen LogP contribution in [0.3, 0.4) is 0 Å². The van der Waals surface area contributed by atoms with Gasteiger partial charge in [0.1, 0.15) is 19.3 Å². The zero-order valence-electron chi connectivity index (χ0n) is 59.3. The fourth-order valence-corrected chi connectivity index (χ4v) is 12.4. The molecule has 540 valence electrons. The fourth-order valence-electron chi connectivity index (χ4n) is 10.8. The van der Waals surface area contributed by atoms with Gasteiger partial charge < -0.3 is 33.8 Å². The molecule has 17 nitrogen and oxygen atoms in total. The second-order valence-corrected chi connectivity index (χ2v) is 29.8. The number of rotatable bonds is 70. The summed E-state index contributed by atoms with van der Waals surface area (Å²) < 4.78 is 68.3. The fraction of sp³-hybridized carbons (Fsp3) is 0.944. The van der Waals surface area contributed by atoms with Crippen molar-refractivity contribution in [3.63, 3.8) is 0 Å². The highest BCUT2D eigenvalue weighted by Gasteiger charge is 2.30. The summed E-state index contributed by atoms with van der Waals surface area (Å²) in [5, 5.41) is 10.6. The first-order valence-electron chi connectivity index (χ1n) is 37.4. The molecule has 0 bridgehead atoms.